The van der Waals surface area contributed by atoms with Crippen LogP contribution in [0.25, 0.3) is 0 Å². The summed E-state index contributed by atoms with van der Waals surface area (Å²) >= 11 is 0. The molecular weight excluding hydrogens is 338 g/mol. The van der Waals surface area contributed by atoms with E-state index in [2.05, 4.69) is 15.2 Å². The summed E-state index contributed by atoms with van der Waals surface area (Å²) in [7, 11) is -3.74. The summed E-state index contributed by atoms with van der Waals surface area (Å²) in [5.41, 5.74) is 0.286. The van der Waals surface area contributed by atoms with Gasteiger partial charge in [0.15, 0.2) is 11.5 Å². The Morgan fingerprint density at radius 2 is 1.92 bits per heavy atom. The summed E-state index contributed by atoms with van der Waals surface area (Å²) < 4.78 is 42.4. The van der Waals surface area contributed by atoms with Gasteiger partial charge in [-0.25, -0.2) is 13.1 Å². The van der Waals surface area contributed by atoms with E-state index < -0.39 is 15.8 Å². The van der Waals surface area contributed by atoms with Crippen LogP contribution < -0.4 is 10.0 Å². The molecule has 1 fully saturated rings. The number of rotatable bonds is 8. The van der Waals surface area contributed by atoms with E-state index in [0.29, 0.717) is 26.2 Å². The van der Waals surface area contributed by atoms with Crippen molar-refractivity contribution in [1.29, 1.82) is 0 Å². The maximum Gasteiger partial charge on any atom is 0.245 e. The van der Waals surface area contributed by atoms with Crippen molar-refractivity contribution in [2.75, 3.05) is 26.3 Å². The first-order valence-electron chi connectivity index (χ1n) is 7.71. The number of carbonyl (C=O) groups is 1. The molecule has 1 aromatic rings. The number of aryl methyl sites for hydroxylation is 2. The fourth-order valence-corrected chi connectivity index (χ4v) is 3.80. The Bertz CT molecular complexity index is 659. The summed E-state index contributed by atoms with van der Waals surface area (Å²) in [4.78, 5) is 11.8. The highest BCUT2D eigenvalue weighted by molar-refractivity contribution is 7.89. The average molecular weight is 361 g/mol. The molecule has 0 saturated carbocycles. The largest absolute Gasteiger partial charge is 0.360 e. The van der Waals surface area contributed by atoms with Gasteiger partial charge in [-0.05, 0) is 20.8 Å². The molecule has 9 nitrogen and oxygen atoms in total. The summed E-state index contributed by atoms with van der Waals surface area (Å²) in [6.45, 7) is 6.38. The minimum absolute atomic E-state index is 0.0114. The van der Waals surface area contributed by atoms with Gasteiger partial charge in [0.25, 0.3) is 0 Å². The predicted molar refractivity (Wildman–Crippen MR) is 83.7 cm³/mol. The standard InChI is InChI=1S/C14H23N3O6S/c1-10-13(11(2)23-17-10)24(19,20)16-6-4-12(18)15-7-5-14(3)21-8-9-22-14/h16H,4-9H2,1-3H3,(H,15,18). The first-order valence-corrected chi connectivity index (χ1v) is 9.19. The number of hydrogen-bond donors (Lipinski definition) is 2. The van der Waals surface area contributed by atoms with Crippen LogP contribution in [0.3, 0.4) is 0 Å². The third kappa shape index (κ3) is 4.76. The van der Waals surface area contributed by atoms with Crippen LogP contribution in [-0.4, -0.2) is 51.6 Å². The van der Waals surface area contributed by atoms with Crippen LogP contribution in [0.1, 0.15) is 31.2 Å². The molecule has 0 unspecified atom stereocenters. The molecule has 1 aliphatic heterocycles. The molecule has 2 heterocycles. The van der Waals surface area contributed by atoms with Crippen LogP contribution in [-0.2, 0) is 24.3 Å². The summed E-state index contributed by atoms with van der Waals surface area (Å²) in [5, 5.41) is 6.33. The Hall–Kier alpha value is -1.49. The van der Waals surface area contributed by atoms with Gasteiger partial charge < -0.3 is 19.3 Å². The first-order chi connectivity index (χ1) is 11.2. The summed E-state index contributed by atoms with van der Waals surface area (Å²) in [6, 6.07) is 0. The molecule has 1 amide bonds. The lowest BCUT2D eigenvalue weighted by Crippen LogP contribution is -2.35. The number of hydrogen-bond acceptors (Lipinski definition) is 7. The van der Waals surface area contributed by atoms with Crippen LogP contribution in [0.5, 0.6) is 0 Å². The smallest absolute Gasteiger partial charge is 0.245 e. The fraction of sp³-hybridized carbons (Fsp3) is 0.714. The second kappa shape index (κ2) is 7.60. The fourth-order valence-electron chi connectivity index (χ4n) is 2.45. The molecule has 0 radical (unpaired) electrons. The molecule has 0 aliphatic carbocycles. The molecule has 24 heavy (non-hydrogen) atoms. The van der Waals surface area contributed by atoms with Gasteiger partial charge in [-0.15, -0.1) is 0 Å². The van der Waals surface area contributed by atoms with Crippen molar-refractivity contribution >= 4 is 15.9 Å². The van der Waals surface area contributed by atoms with Crippen LogP contribution in [0.2, 0.25) is 0 Å². The van der Waals surface area contributed by atoms with E-state index in [-0.39, 0.29) is 35.2 Å². The van der Waals surface area contributed by atoms with Crippen molar-refractivity contribution in [1.82, 2.24) is 15.2 Å². The minimum Gasteiger partial charge on any atom is -0.360 e. The number of nitrogens with one attached hydrogen (secondary N) is 2. The number of aromatic nitrogens is 1. The van der Waals surface area contributed by atoms with E-state index in [4.69, 9.17) is 14.0 Å². The van der Waals surface area contributed by atoms with E-state index in [0.717, 1.165) is 0 Å². The van der Waals surface area contributed by atoms with Crippen molar-refractivity contribution in [2.45, 2.75) is 44.3 Å². The van der Waals surface area contributed by atoms with Crippen LogP contribution >= 0.6 is 0 Å². The second-order valence-corrected chi connectivity index (χ2v) is 7.44. The van der Waals surface area contributed by atoms with Crippen molar-refractivity contribution in [3.05, 3.63) is 11.5 Å². The van der Waals surface area contributed by atoms with Gasteiger partial charge in [-0.3, -0.25) is 4.79 Å². The van der Waals surface area contributed by atoms with Crippen molar-refractivity contribution in [3.8, 4) is 0 Å². The van der Waals surface area contributed by atoms with E-state index in [1.807, 2.05) is 6.92 Å². The number of sulfonamides is 1. The van der Waals surface area contributed by atoms with Crippen molar-refractivity contribution in [2.24, 2.45) is 0 Å². The van der Waals surface area contributed by atoms with Gasteiger partial charge in [-0.1, -0.05) is 5.16 Å². The first kappa shape index (κ1) is 18.8. The number of carbonyl (C=O) groups excluding carboxylic acids is 1. The van der Waals surface area contributed by atoms with Gasteiger partial charge in [0.1, 0.15) is 10.6 Å². The molecule has 1 saturated heterocycles. The van der Waals surface area contributed by atoms with Gasteiger partial charge >= 0.3 is 0 Å². The quantitative estimate of drug-likeness (QED) is 0.680. The number of ether oxygens (including phenoxy) is 2. The van der Waals surface area contributed by atoms with E-state index >= 15 is 0 Å². The Morgan fingerprint density at radius 1 is 1.25 bits per heavy atom. The normalized spacial score (nSPS) is 17.1. The van der Waals surface area contributed by atoms with Gasteiger partial charge in [0.2, 0.25) is 15.9 Å². The van der Waals surface area contributed by atoms with Gasteiger partial charge in [-0.2, -0.15) is 0 Å². The number of nitrogens with zero attached hydrogens (tertiary/aromatic N) is 1. The van der Waals surface area contributed by atoms with E-state index in [1.54, 1.807) is 6.92 Å². The zero-order chi connectivity index (χ0) is 17.8. The minimum atomic E-state index is -3.74. The summed E-state index contributed by atoms with van der Waals surface area (Å²) in [5.74, 6) is -0.689. The lowest BCUT2D eigenvalue weighted by molar-refractivity contribution is -0.146. The molecule has 0 atom stereocenters. The SMILES string of the molecule is Cc1noc(C)c1S(=O)(=O)NCCC(=O)NCCC1(C)OCCO1. The van der Waals surface area contributed by atoms with Crippen LogP contribution in [0, 0.1) is 13.8 Å². The van der Waals surface area contributed by atoms with Gasteiger partial charge in [0, 0.05) is 25.9 Å². The second-order valence-electron chi connectivity index (χ2n) is 5.73. The molecule has 1 aliphatic rings. The zero-order valence-electron chi connectivity index (χ0n) is 14.0. The Balaban J connectivity index is 1.72. The zero-order valence-corrected chi connectivity index (χ0v) is 14.9. The highest BCUT2D eigenvalue weighted by Gasteiger charge is 2.30. The predicted octanol–water partition coefficient (Wildman–Crippen LogP) is 0.229. The van der Waals surface area contributed by atoms with Crippen LogP contribution in [0.4, 0.5) is 0 Å². The molecule has 136 valence electrons. The monoisotopic (exact) mass is 361 g/mol. The van der Waals surface area contributed by atoms with E-state index in [1.165, 1.54) is 6.92 Å². The van der Waals surface area contributed by atoms with Crippen molar-refractivity contribution < 1.29 is 27.2 Å². The maximum absolute atomic E-state index is 12.2. The lowest BCUT2D eigenvalue weighted by Gasteiger charge is -2.22. The molecule has 0 bridgehead atoms. The molecule has 2 rings (SSSR count). The molecule has 0 spiro atoms. The van der Waals surface area contributed by atoms with E-state index in [9.17, 15) is 13.2 Å². The Kier molecular flexibility index (Phi) is 5.97. The molecular formula is C14H23N3O6S. The molecule has 2 N–H and O–H groups in total. The van der Waals surface area contributed by atoms with Gasteiger partial charge in [0.05, 0.1) is 13.2 Å². The van der Waals surface area contributed by atoms with Crippen molar-refractivity contribution in [3.63, 3.8) is 0 Å². The number of amides is 1. The molecule has 10 heteroatoms. The third-order valence-electron chi connectivity index (χ3n) is 3.68. The highest BCUT2D eigenvalue weighted by atomic mass is 32.2. The summed E-state index contributed by atoms with van der Waals surface area (Å²) in [6.07, 6.45) is 0.560. The Labute approximate surface area is 141 Å². The molecule has 0 aromatic carbocycles. The maximum atomic E-state index is 12.2. The Morgan fingerprint density at radius 3 is 2.50 bits per heavy atom. The molecule has 1 aromatic heterocycles. The highest BCUT2D eigenvalue weighted by Crippen LogP contribution is 2.21. The topological polar surface area (TPSA) is 120 Å². The average Bonchev–Trinajstić information content (AvgIpc) is 3.05. The third-order valence-corrected chi connectivity index (χ3v) is 5.38. The lowest BCUT2D eigenvalue weighted by atomic mass is 10.2. The van der Waals surface area contributed by atoms with Crippen LogP contribution in [0.15, 0.2) is 9.42 Å².